The molecule has 2 amide bonds. The van der Waals surface area contributed by atoms with Crippen molar-refractivity contribution in [2.75, 3.05) is 11.9 Å². The summed E-state index contributed by atoms with van der Waals surface area (Å²) in [6, 6.07) is 12.0. The molecule has 0 radical (unpaired) electrons. The maximum absolute atomic E-state index is 12.5. The third-order valence-corrected chi connectivity index (χ3v) is 5.15. The third-order valence-electron chi connectivity index (χ3n) is 5.15. The van der Waals surface area contributed by atoms with Gasteiger partial charge in [0.05, 0.1) is 12.5 Å². The lowest BCUT2D eigenvalue weighted by Gasteiger charge is -2.22. The summed E-state index contributed by atoms with van der Waals surface area (Å²) in [5.74, 6) is -0.302. The van der Waals surface area contributed by atoms with E-state index in [1.165, 1.54) is 19.1 Å². The second kappa shape index (κ2) is 8.87. The number of anilines is 1. The summed E-state index contributed by atoms with van der Waals surface area (Å²) in [5, 5.41) is 12.1. The van der Waals surface area contributed by atoms with Crippen molar-refractivity contribution in [2.45, 2.75) is 38.3 Å². The van der Waals surface area contributed by atoms with E-state index < -0.39 is 6.04 Å². The van der Waals surface area contributed by atoms with Crippen molar-refractivity contribution in [2.24, 2.45) is 5.73 Å². The first kappa shape index (κ1) is 20.5. The van der Waals surface area contributed by atoms with Crippen molar-refractivity contribution in [1.82, 2.24) is 4.90 Å². The molecule has 4 N–H and O–H groups in total. The predicted octanol–water partition coefficient (Wildman–Crippen LogP) is 2.15. The average molecular weight is 395 g/mol. The Bertz CT molecular complexity index is 893. The highest BCUT2D eigenvalue weighted by Gasteiger charge is 2.31. The van der Waals surface area contributed by atoms with E-state index in [1.807, 2.05) is 0 Å². The normalized spacial score (nSPS) is 17.0. The van der Waals surface area contributed by atoms with Gasteiger partial charge in [0.15, 0.2) is 5.78 Å². The molecule has 3 rings (SSSR count). The third kappa shape index (κ3) is 5.00. The topological polar surface area (TPSA) is 113 Å². The molecule has 2 unspecified atom stereocenters. The molecule has 29 heavy (non-hydrogen) atoms. The number of nitrogens with zero attached hydrogens (tertiary/aromatic N) is 1. The molecule has 1 aliphatic heterocycles. The molecule has 0 aromatic heterocycles. The van der Waals surface area contributed by atoms with Gasteiger partial charge in [-0.3, -0.25) is 14.4 Å². The molecular weight excluding hydrogens is 370 g/mol. The van der Waals surface area contributed by atoms with Crippen LogP contribution >= 0.6 is 0 Å². The van der Waals surface area contributed by atoms with Crippen LogP contribution in [0, 0.1) is 0 Å². The number of rotatable bonds is 6. The van der Waals surface area contributed by atoms with Crippen LogP contribution in [0.2, 0.25) is 0 Å². The number of Topliss-reactive ketones (excluding diaryl/α,β-unsaturated/α-hetero) is 1. The molecule has 1 fully saturated rings. The maximum atomic E-state index is 12.5. The van der Waals surface area contributed by atoms with E-state index in [0.717, 1.165) is 18.4 Å². The number of carbonyl (C=O) groups excluding carboxylic acids is 3. The summed E-state index contributed by atoms with van der Waals surface area (Å²) in [7, 11) is 0. The van der Waals surface area contributed by atoms with Gasteiger partial charge in [0.1, 0.15) is 11.8 Å². The molecule has 2 aromatic rings. The molecule has 7 heteroatoms. The molecule has 152 valence electrons. The number of carbonyl (C=O) groups is 3. The number of benzene rings is 2. The van der Waals surface area contributed by atoms with Crippen LogP contribution < -0.4 is 11.1 Å². The van der Waals surface area contributed by atoms with E-state index in [1.54, 1.807) is 41.3 Å². The number of aromatic hydroxyl groups is 1. The minimum Gasteiger partial charge on any atom is -0.508 e. The van der Waals surface area contributed by atoms with E-state index in [4.69, 9.17) is 5.73 Å². The van der Waals surface area contributed by atoms with Gasteiger partial charge in [0.2, 0.25) is 11.8 Å². The van der Waals surface area contributed by atoms with Crippen molar-refractivity contribution in [3.05, 3.63) is 59.7 Å². The van der Waals surface area contributed by atoms with Gasteiger partial charge in [-0.15, -0.1) is 0 Å². The first-order valence-electron chi connectivity index (χ1n) is 9.59. The number of hydrogen-bond acceptors (Lipinski definition) is 5. The molecule has 0 bridgehead atoms. The molecule has 1 heterocycles. The Labute approximate surface area is 169 Å². The highest BCUT2D eigenvalue weighted by molar-refractivity contribution is 5.95. The molecule has 0 aliphatic carbocycles. The number of amides is 2. The zero-order valence-corrected chi connectivity index (χ0v) is 16.3. The first-order valence-corrected chi connectivity index (χ1v) is 9.59. The van der Waals surface area contributed by atoms with Gasteiger partial charge in [-0.25, -0.2) is 0 Å². The van der Waals surface area contributed by atoms with Crippen LogP contribution in [-0.4, -0.2) is 40.2 Å². The molecule has 2 atom stereocenters. The number of phenolic OH excluding ortho intramolecular Hbond substituents is 1. The van der Waals surface area contributed by atoms with Crippen LogP contribution in [0.5, 0.6) is 5.75 Å². The standard InChI is InChI=1S/C22H25N3O4/c1-14(26)19-3-2-12-25(19)20(28)13-15-4-8-17(9-5-15)24-22(29)21(23)16-6-10-18(27)11-7-16/h4-11,19,21,27H,2-3,12-13,23H2,1H3,(H,24,29). The molecule has 1 aliphatic rings. The minimum atomic E-state index is -0.865. The maximum Gasteiger partial charge on any atom is 0.245 e. The van der Waals surface area contributed by atoms with Gasteiger partial charge in [-0.2, -0.15) is 0 Å². The fourth-order valence-electron chi connectivity index (χ4n) is 3.52. The van der Waals surface area contributed by atoms with E-state index in [2.05, 4.69) is 5.32 Å². The van der Waals surface area contributed by atoms with Crippen molar-refractivity contribution < 1.29 is 19.5 Å². The minimum absolute atomic E-state index is 0.0267. The van der Waals surface area contributed by atoms with Crippen LogP contribution in [0.1, 0.15) is 36.9 Å². The number of nitrogens with two attached hydrogens (primary N) is 1. The van der Waals surface area contributed by atoms with Crippen molar-refractivity contribution in [3.63, 3.8) is 0 Å². The molecule has 7 nitrogen and oxygen atoms in total. The highest BCUT2D eigenvalue weighted by atomic mass is 16.3. The zero-order chi connectivity index (χ0) is 21.0. The number of phenols is 1. The Kier molecular flexibility index (Phi) is 6.29. The molecule has 1 saturated heterocycles. The van der Waals surface area contributed by atoms with Crippen LogP contribution in [0.3, 0.4) is 0 Å². The largest absolute Gasteiger partial charge is 0.508 e. The summed E-state index contributed by atoms with van der Waals surface area (Å²) in [5.41, 5.74) is 7.94. The Morgan fingerprint density at radius 1 is 1.14 bits per heavy atom. The summed E-state index contributed by atoms with van der Waals surface area (Å²) in [4.78, 5) is 38.2. The average Bonchev–Trinajstić information content (AvgIpc) is 3.20. The van der Waals surface area contributed by atoms with E-state index in [0.29, 0.717) is 17.8 Å². The Balaban J connectivity index is 1.58. The van der Waals surface area contributed by atoms with Crippen LogP contribution in [0.4, 0.5) is 5.69 Å². The zero-order valence-electron chi connectivity index (χ0n) is 16.3. The van der Waals surface area contributed by atoms with Gasteiger partial charge in [0.25, 0.3) is 0 Å². The number of nitrogens with one attached hydrogen (secondary N) is 1. The molecular formula is C22H25N3O4. The Morgan fingerprint density at radius 3 is 2.41 bits per heavy atom. The summed E-state index contributed by atoms with van der Waals surface area (Å²) in [6.45, 7) is 2.14. The SMILES string of the molecule is CC(=O)C1CCCN1C(=O)Cc1ccc(NC(=O)C(N)c2ccc(O)cc2)cc1. The number of ketones is 1. The van der Waals surface area contributed by atoms with Crippen molar-refractivity contribution in [1.29, 1.82) is 0 Å². The lowest BCUT2D eigenvalue weighted by Crippen LogP contribution is -2.40. The molecule has 0 spiro atoms. The van der Waals surface area contributed by atoms with E-state index in [-0.39, 0.29) is 35.8 Å². The smallest absolute Gasteiger partial charge is 0.245 e. The predicted molar refractivity (Wildman–Crippen MR) is 109 cm³/mol. The Hall–Kier alpha value is -3.19. The van der Waals surface area contributed by atoms with Crippen molar-refractivity contribution in [3.8, 4) is 5.75 Å². The lowest BCUT2D eigenvalue weighted by atomic mass is 10.1. The van der Waals surface area contributed by atoms with Gasteiger partial charge in [-0.1, -0.05) is 24.3 Å². The van der Waals surface area contributed by atoms with E-state index >= 15 is 0 Å². The van der Waals surface area contributed by atoms with Crippen LogP contribution in [-0.2, 0) is 20.8 Å². The number of hydrogen-bond donors (Lipinski definition) is 3. The van der Waals surface area contributed by atoms with Gasteiger partial charge < -0.3 is 21.1 Å². The monoisotopic (exact) mass is 395 g/mol. The first-order chi connectivity index (χ1) is 13.8. The Morgan fingerprint density at radius 2 is 1.79 bits per heavy atom. The van der Waals surface area contributed by atoms with Gasteiger partial charge in [-0.05, 0) is 55.2 Å². The van der Waals surface area contributed by atoms with Gasteiger partial charge >= 0.3 is 0 Å². The van der Waals surface area contributed by atoms with Crippen LogP contribution in [0.15, 0.2) is 48.5 Å². The second-order valence-corrected chi connectivity index (χ2v) is 7.29. The molecule has 2 aromatic carbocycles. The highest BCUT2D eigenvalue weighted by Crippen LogP contribution is 2.21. The summed E-state index contributed by atoms with van der Waals surface area (Å²) < 4.78 is 0. The summed E-state index contributed by atoms with van der Waals surface area (Å²) >= 11 is 0. The lowest BCUT2D eigenvalue weighted by molar-refractivity contribution is -0.136. The second-order valence-electron chi connectivity index (χ2n) is 7.29. The summed E-state index contributed by atoms with van der Waals surface area (Å²) in [6.07, 6.45) is 1.79. The molecule has 0 saturated carbocycles. The van der Waals surface area contributed by atoms with Crippen molar-refractivity contribution >= 4 is 23.3 Å². The fourth-order valence-corrected chi connectivity index (χ4v) is 3.52. The fraction of sp³-hybridized carbons (Fsp3) is 0.318. The number of likely N-dealkylation sites (tertiary alicyclic amines) is 1. The van der Waals surface area contributed by atoms with E-state index in [9.17, 15) is 19.5 Å². The quantitative estimate of drug-likeness (QED) is 0.694. The van der Waals surface area contributed by atoms with Gasteiger partial charge in [0, 0.05) is 12.2 Å². The van der Waals surface area contributed by atoms with Crippen LogP contribution in [0.25, 0.3) is 0 Å².